The van der Waals surface area contributed by atoms with Crippen molar-refractivity contribution >= 4 is 39.8 Å². The van der Waals surface area contributed by atoms with Gasteiger partial charge in [-0.05, 0) is 31.0 Å². The zero-order chi connectivity index (χ0) is 18.8. The molecule has 2 rings (SSSR count). The van der Waals surface area contributed by atoms with E-state index in [9.17, 15) is 8.42 Å². The number of rotatable bonds is 8. The molecule has 0 amide bonds. The van der Waals surface area contributed by atoms with Crippen molar-refractivity contribution in [3.8, 4) is 0 Å². The van der Waals surface area contributed by atoms with Gasteiger partial charge in [0.25, 0.3) is 0 Å². The van der Waals surface area contributed by atoms with Gasteiger partial charge in [0.05, 0.1) is 10.6 Å². The fraction of sp³-hybridized carbons (Fsp3) is 0.350. The maximum Gasteiger partial charge on any atom is 0.193 e. The summed E-state index contributed by atoms with van der Waals surface area (Å²) in [6, 6.07) is 18.7. The first-order valence-corrected chi connectivity index (χ1v) is 10.5. The van der Waals surface area contributed by atoms with Crippen molar-refractivity contribution < 1.29 is 8.42 Å². The van der Waals surface area contributed by atoms with Gasteiger partial charge in [-0.15, -0.1) is 24.0 Å². The Labute approximate surface area is 179 Å². The molecule has 7 heteroatoms. The SMILES string of the molecule is CCNC(=NCCCS(=O)(=O)c1ccccc1)N(C)Cc1ccccc1.I. The summed E-state index contributed by atoms with van der Waals surface area (Å²) in [6.07, 6.45) is 0.491. The van der Waals surface area contributed by atoms with Crippen LogP contribution in [-0.4, -0.2) is 45.2 Å². The normalized spacial score (nSPS) is 11.6. The molecule has 0 aliphatic heterocycles. The molecule has 0 aliphatic carbocycles. The average molecular weight is 501 g/mol. The van der Waals surface area contributed by atoms with Gasteiger partial charge >= 0.3 is 0 Å². The van der Waals surface area contributed by atoms with E-state index in [0.717, 1.165) is 19.0 Å². The summed E-state index contributed by atoms with van der Waals surface area (Å²) in [6.45, 7) is 3.99. The fourth-order valence-electron chi connectivity index (χ4n) is 2.59. The molecule has 0 spiro atoms. The number of hydrogen-bond donors (Lipinski definition) is 1. The molecular weight excluding hydrogens is 473 g/mol. The molecule has 0 bridgehead atoms. The minimum absolute atomic E-state index is 0. The molecule has 2 aromatic carbocycles. The third kappa shape index (κ3) is 7.88. The Balaban J connectivity index is 0.00000364. The Morgan fingerprint density at radius 1 is 1.04 bits per heavy atom. The van der Waals surface area contributed by atoms with Gasteiger partial charge in [-0.2, -0.15) is 0 Å². The molecule has 27 heavy (non-hydrogen) atoms. The quantitative estimate of drug-likeness (QED) is 0.260. The first-order valence-electron chi connectivity index (χ1n) is 8.84. The van der Waals surface area contributed by atoms with E-state index in [1.54, 1.807) is 24.3 Å². The van der Waals surface area contributed by atoms with Crippen LogP contribution in [0, 0.1) is 0 Å². The second-order valence-corrected chi connectivity index (χ2v) is 8.17. The van der Waals surface area contributed by atoms with Gasteiger partial charge in [0.1, 0.15) is 0 Å². The summed E-state index contributed by atoms with van der Waals surface area (Å²) in [4.78, 5) is 6.99. The molecule has 0 saturated carbocycles. The Bertz CT molecular complexity index is 796. The van der Waals surface area contributed by atoms with Gasteiger partial charge in [-0.1, -0.05) is 48.5 Å². The van der Waals surface area contributed by atoms with Gasteiger partial charge in [-0.3, -0.25) is 4.99 Å². The summed E-state index contributed by atoms with van der Waals surface area (Å²) in [5.74, 6) is 0.885. The molecular formula is C20H28IN3O2S. The molecule has 0 unspecified atom stereocenters. The van der Waals surface area contributed by atoms with E-state index in [2.05, 4.69) is 22.4 Å². The Hall–Kier alpha value is -1.61. The second-order valence-electron chi connectivity index (χ2n) is 6.06. The van der Waals surface area contributed by atoms with Crippen LogP contribution in [0.3, 0.4) is 0 Å². The standard InChI is InChI=1S/C20H27N3O2S.HI/c1-3-21-20(23(2)17-18-11-6-4-7-12-18)22-15-10-16-26(24,25)19-13-8-5-9-14-19;/h4-9,11-14H,3,10,15-17H2,1-2H3,(H,21,22);1H. The highest BCUT2D eigenvalue weighted by Gasteiger charge is 2.13. The van der Waals surface area contributed by atoms with Crippen molar-refractivity contribution in [2.75, 3.05) is 25.9 Å². The zero-order valence-corrected chi connectivity index (χ0v) is 19.0. The van der Waals surface area contributed by atoms with Crippen molar-refractivity contribution in [3.63, 3.8) is 0 Å². The molecule has 0 aromatic heterocycles. The number of benzene rings is 2. The van der Waals surface area contributed by atoms with Crippen LogP contribution < -0.4 is 5.32 Å². The van der Waals surface area contributed by atoms with E-state index in [-0.39, 0.29) is 29.7 Å². The molecule has 0 aliphatic rings. The summed E-state index contributed by atoms with van der Waals surface area (Å²) in [5, 5.41) is 3.26. The highest BCUT2D eigenvalue weighted by Crippen LogP contribution is 2.11. The number of hydrogen-bond acceptors (Lipinski definition) is 3. The summed E-state index contributed by atoms with van der Waals surface area (Å²) in [5.41, 5.74) is 1.20. The molecule has 0 fully saturated rings. The highest BCUT2D eigenvalue weighted by atomic mass is 127. The van der Waals surface area contributed by atoms with Crippen molar-refractivity contribution in [3.05, 3.63) is 66.2 Å². The molecule has 0 radical (unpaired) electrons. The van der Waals surface area contributed by atoms with Crippen LogP contribution in [0.4, 0.5) is 0 Å². The summed E-state index contributed by atoms with van der Waals surface area (Å²) < 4.78 is 24.6. The first kappa shape index (κ1) is 23.4. The molecule has 0 atom stereocenters. The van der Waals surface area contributed by atoms with Crippen LogP contribution in [0.1, 0.15) is 18.9 Å². The van der Waals surface area contributed by atoms with E-state index in [1.165, 1.54) is 5.56 Å². The topological polar surface area (TPSA) is 61.8 Å². The van der Waals surface area contributed by atoms with Gasteiger partial charge in [0.15, 0.2) is 15.8 Å². The maximum atomic E-state index is 12.3. The average Bonchev–Trinajstić information content (AvgIpc) is 2.65. The van der Waals surface area contributed by atoms with Crippen LogP contribution in [-0.2, 0) is 16.4 Å². The predicted octanol–water partition coefficient (Wildman–Crippen LogP) is 3.57. The van der Waals surface area contributed by atoms with Crippen LogP contribution >= 0.6 is 24.0 Å². The molecule has 1 N–H and O–H groups in total. The molecule has 5 nitrogen and oxygen atoms in total. The zero-order valence-electron chi connectivity index (χ0n) is 15.8. The lowest BCUT2D eigenvalue weighted by Crippen LogP contribution is -2.38. The van der Waals surface area contributed by atoms with E-state index < -0.39 is 9.84 Å². The third-order valence-corrected chi connectivity index (χ3v) is 5.71. The predicted molar refractivity (Wildman–Crippen MR) is 122 cm³/mol. The van der Waals surface area contributed by atoms with Crippen molar-refractivity contribution in [2.24, 2.45) is 4.99 Å². The molecule has 2 aromatic rings. The second kappa shape index (κ2) is 12.0. The minimum atomic E-state index is -3.24. The lowest BCUT2D eigenvalue weighted by Gasteiger charge is -2.22. The van der Waals surface area contributed by atoms with Crippen LogP contribution in [0.15, 0.2) is 70.6 Å². The molecule has 148 valence electrons. The monoisotopic (exact) mass is 501 g/mol. The maximum absolute atomic E-state index is 12.3. The van der Waals surface area contributed by atoms with E-state index in [1.807, 2.05) is 43.1 Å². The number of halogens is 1. The van der Waals surface area contributed by atoms with Crippen molar-refractivity contribution in [1.82, 2.24) is 10.2 Å². The smallest absolute Gasteiger partial charge is 0.193 e. The number of sulfone groups is 1. The number of aliphatic imine (C=N–C) groups is 1. The van der Waals surface area contributed by atoms with Gasteiger partial charge in [0, 0.05) is 26.7 Å². The van der Waals surface area contributed by atoms with Crippen LogP contribution in [0.5, 0.6) is 0 Å². The third-order valence-electron chi connectivity index (χ3n) is 3.89. The first-order chi connectivity index (χ1) is 12.5. The van der Waals surface area contributed by atoms with Crippen LogP contribution in [0.25, 0.3) is 0 Å². The minimum Gasteiger partial charge on any atom is -0.357 e. The van der Waals surface area contributed by atoms with E-state index >= 15 is 0 Å². The van der Waals surface area contributed by atoms with Crippen LogP contribution in [0.2, 0.25) is 0 Å². The summed E-state index contributed by atoms with van der Waals surface area (Å²) >= 11 is 0. The fourth-order valence-corrected chi connectivity index (χ4v) is 3.90. The number of nitrogens with zero attached hydrogens (tertiary/aromatic N) is 2. The lowest BCUT2D eigenvalue weighted by atomic mass is 10.2. The molecule has 0 saturated heterocycles. The number of guanidine groups is 1. The van der Waals surface area contributed by atoms with E-state index in [0.29, 0.717) is 17.9 Å². The largest absolute Gasteiger partial charge is 0.357 e. The van der Waals surface area contributed by atoms with Crippen molar-refractivity contribution in [2.45, 2.75) is 24.8 Å². The van der Waals surface area contributed by atoms with Gasteiger partial charge < -0.3 is 10.2 Å². The van der Waals surface area contributed by atoms with Gasteiger partial charge in [0.2, 0.25) is 0 Å². The molecule has 0 heterocycles. The Morgan fingerprint density at radius 2 is 1.63 bits per heavy atom. The van der Waals surface area contributed by atoms with E-state index in [4.69, 9.17) is 0 Å². The highest BCUT2D eigenvalue weighted by molar-refractivity contribution is 14.0. The lowest BCUT2D eigenvalue weighted by molar-refractivity contribution is 0.477. The summed E-state index contributed by atoms with van der Waals surface area (Å²) in [7, 11) is -1.26. The Morgan fingerprint density at radius 3 is 2.22 bits per heavy atom. The Kier molecular flexibility index (Phi) is 10.4. The van der Waals surface area contributed by atoms with Gasteiger partial charge in [-0.25, -0.2) is 8.42 Å². The van der Waals surface area contributed by atoms with Crippen molar-refractivity contribution in [1.29, 1.82) is 0 Å². The number of nitrogens with one attached hydrogen (secondary N) is 1.